The summed E-state index contributed by atoms with van der Waals surface area (Å²) in [6, 6.07) is 11.2. The molecule has 5 heteroatoms. The van der Waals surface area contributed by atoms with Crippen molar-refractivity contribution in [3.8, 4) is 11.1 Å². The van der Waals surface area contributed by atoms with E-state index in [0.717, 1.165) is 11.1 Å². The molecule has 0 radical (unpaired) electrons. The van der Waals surface area contributed by atoms with Crippen LogP contribution in [0.1, 0.15) is 5.69 Å². The van der Waals surface area contributed by atoms with Crippen LogP contribution in [-0.2, 0) is 6.54 Å². The molecule has 0 saturated carbocycles. The van der Waals surface area contributed by atoms with E-state index in [1.165, 1.54) is 10.6 Å². The number of rotatable bonds is 2. The van der Waals surface area contributed by atoms with Gasteiger partial charge in [0.1, 0.15) is 0 Å². The molecule has 0 spiro atoms. The summed E-state index contributed by atoms with van der Waals surface area (Å²) in [4.78, 5) is 16.2. The summed E-state index contributed by atoms with van der Waals surface area (Å²) >= 11 is 0. The maximum Gasteiger partial charge on any atom is 0.272 e. The highest BCUT2D eigenvalue weighted by atomic mass is 16.1. The first-order chi connectivity index (χ1) is 8.79. The molecule has 0 bridgehead atoms. The fraction of sp³-hybridized carbons (Fsp3) is 0.0769. The molecule has 1 aromatic carbocycles. The summed E-state index contributed by atoms with van der Waals surface area (Å²) in [6.07, 6.45) is 1.78. The summed E-state index contributed by atoms with van der Waals surface area (Å²) < 4.78 is 1.42. The number of benzene rings is 1. The lowest BCUT2D eigenvalue weighted by Gasteiger charge is -2.00. The van der Waals surface area contributed by atoms with Crippen LogP contribution in [-0.4, -0.2) is 14.6 Å². The molecular weight excluding hydrogens is 228 g/mol. The summed E-state index contributed by atoms with van der Waals surface area (Å²) in [5, 5.41) is 2.91. The second-order valence-electron chi connectivity index (χ2n) is 4.00. The number of hydrogen-bond acceptors (Lipinski definition) is 3. The van der Waals surface area contributed by atoms with Crippen molar-refractivity contribution in [1.82, 2.24) is 14.6 Å². The van der Waals surface area contributed by atoms with Crippen LogP contribution >= 0.6 is 0 Å². The second-order valence-corrected chi connectivity index (χ2v) is 4.00. The normalized spacial score (nSPS) is 10.9. The number of hydrogen-bond donors (Lipinski definition) is 2. The number of aromatic amines is 1. The Hall–Kier alpha value is -2.40. The number of nitrogens with one attached hydrogen (secondary N) is 1. The lowest BCUT2D eigenvalue weighted by molar-refractivity contribution is 0.869. The quantitative estimate of drug-likeness (QED) is 0.705. The zero-order chi connectivity index (χ0) is 12.5. The van der Waals surface area contributed by atoms with Crippen molar-refractivity contribution in [2.75, 3.05) is 0 Å². The highest BCUT2D eigenvalue weighted by Gasteiger charge is 2.09. The molecule has 3 N–H and O–H groups in total. The number of nitrogens with zero attached hydrogens (tertiary/aromatic N) is 2. The van der Waals surface area contributed by atoms with Crippen molar-refractivity contribution in [2.45, 2.75) is 6.54 Å². The van der Waals surface area contributed by atoms with Gasteiger partial charge in [-0.2, -0.15) is 0 Å². The van der Waals surface area contributed by atoms with Crippen molar-refractivity contribution >= 4 is 5.65 Å². The third-order valence-corrected chi connectivity index (χ3v) is 2.84. The third-order valence-electron chi connectivity index (χ3n) is 2.84. The molecule has 0 amide bonds. The molecule has 2 aromatic heterocycles. The van der Waals surface area contributed by atoms with Crippen molar-refractivity contribution < 1.29 is 0 Å². The molecule has 3 aromatic rings. The fourth-order valence-electron chi connectivity index (χ4n) is 1.96. The molecule has 0 saturated heterocycles. The van der Waals surface area contributed by atoms with Crippen LogP contribution in [0.4, 0.5) is 0 Å². The molecule has 2 heterocycles. The summed E-state index contributed by atoms with van der Waals surface area (Å²) in [5.74, 6) is 0. The van der Waals surface area contributed by atoms with E-state index in [1.807, 2.05) is 30.3 Å². The average Bonchev–Trinajstić information content (AvgIpc) is 2.84. The SMILES string of the molecule is NCc1cc(=O)n2[nH]cc(-c3ccccc3)c2n1. The molecule has 90 valence electrons. The fourth-order valence-corrected chi connectivity index (χ4v) is 1.96. The molecule has 0 aliphatic carbocycles. The third kappa shape index (κ3) is 1.61. The van der Waals surface area contributed by atoms with Gasteiger partial charge in [-0.15, -0.1) is 0 Å². The van der Waals surface area contributed by atoms with Crippen LogP contribution in [0.2, 0.25) is 0 Å². The van der Waals surface area contributed by atoms with Gasteiger partial charge in [0, 0.05) is 24.4 Å². The van der Waals surface area contributed by atoms with E-state index in [0.29, 0.717) is 11.3 Å². The number of aromatic nitrogens is 3. The van der Waals surface area contributed by atoms with E-state index in [4.69, 9.17) is 5.73 Å². The predicted molar refractivity (Wildman–Crippen MR) is 69.1 cm³/mol. The minimum Gasteiger partial charge on any atom is -0.325 e. The Morgan fingerprint density at radius 1 is 1.28 bits per heavy atom. The van der Waals surface area contributed by atoms with Crippen LogP contribution in [0.15, 0.2) is 47.4 Å². The van der Waals surface area contributed by atoms with Gasteiger partial charge < -0.3 is 5.73 Å². The molecule has 0 aliphatic rings. The van der Waals surface area contributed by atoms with Crippen LogP contribution in [0.25, 0.3) is 16.8 Å². The molecule has 0 unspecified atom stereocenters. The van der Waals surface area contributed by atoms with E-state index in [2.05, 4.69) is 10.1 Å². The van der Waals surface area contributed by atoms with Gasteiger partial charge in [-0.05, 0) is 5.56 Å². The van der Waals surface area contributed by atoms with E-state index < -0.39 is 0 Å². The minimum atomic E-state index is -0.150. The van der Waals surface area contributed by atoms with E-state index >= 15 is 0 Å². The molecule has 3 rings (SSSR count). The maximum absolute atomic E-state index is 11.8. The van der Waals surface area contributed by atoms with Crippen molar-refractivity contribution in [3.63, 3.8) is 0 Å². The van der Waals surface area contributed by atoms with Gasteiger partial charge in [-0.3, -0.25) is 9.89 Å². The van der Waals surface area contributed by atoms with Crippen LogP contribution in [0, 0.1) is 0 Å². The van der Waals surface area contributed by atoms with Gasteiger partial charge in [0.25, 0.3) is 5.56 Å². The Bertz CT molecular complexity index is 743. The largest absolute Gasteiger partial charge is 0.325 e. The van der Waals surface area contributed by atoms with Gasteiger partial charge in [0.05, 0.1) is 5.69 Å². The van der Waals surface area contributed by atoms with Gasteiger partial charge in [-0.1, -0.05) is 30.3 Å². The molecule has 18 heavy (non-hydrogen) atoms. The first kappa shape index (κ1) is 10.7. The van der Waals surface area contributed by atoms with Crippen LogP contribution in [0.5, 0.6) is 0 Å². The maximum atomic E-state index is 11.8. The zero-order valence-corrected chi connectivity index (χ0v) is 9.63. The topological polar surface area (TPSA) is 76.2 Å². The molecule has 0 fully saturated rings. The number of nitrogens with two attached hydrogens (primary N) is 1. The summed E-state index contributed by atoms with van der Waals surface area (Å²) in [6.45, 7) is 0.255. The highest BCUT2D eigenvalue weighted by Crippen LogP contribution is 2.21. The molecule has 0 aliphatic heterocycles. The van der Waals surface area contributed by atoms with Gasteiger partial charge in [0.2, 0.25) is 0 Å². The number of fused-ring (bicyclic) bond motifs is 1. The summed E-state index contributed by atoms with van der Waals surface area (Å²) in [5.41, 5.74) is 8.50. The van der Waals surface area contributed by atoms with Crippen molar-refractivity contribution in [3.05, 3.63) is 58.6 Å². The average molecular weight is 240 g/mol. The first-order valence-electron chi connectivity index (χ1n) is 5.65. The Balaban J connectivity index is 2.32. The Kier molecular flexibility index (Phi) is 2.46. The Morgan fingerprint density at radius 2 is 2.06 bits per heavy atom. The number of H-pyrrole nitrogens is 1. The molecular formula is C13H12N4O. The van der Waals surface area contributed by atoms with E-state index in [-0.39, 0.29) is 12.1 Å². The van der Waals surface area contributed by atoms with Gasteiger partial charge >= 0.3 is 0 Å². The minimum absolute atomic E-state index is 0.150. The Morgan fingerprint density at radius 3 is 2.78 bits per heavy atom. The predicted octanol–water partition coefficient (Wildman–Crippen LogP) is 1.15. The van der Waals surface area contributed by atoms with E-state index in [1.54, 1.807) is 6.20 Å². The van der Waals surface area contributed by atoms with Crippen molar-refractivity contribution in [2.24, 2.45) is 5.73 Å². The standard InChI is InChI=1S/C13H12N4O/c14-7-10-6-12(18)17-13(16-10)11(8-15-17)9-4-2-1-3-5-9/h1-6,8,15H,7,14H2. The monoisotopic (exact) mass is 240 g/mol. The van der Waals surface area contributed by atoms with E-state index in [9.17, 15) is 4.79 Å². The first-order valence-corrected chi connectivity index (χ1v) is 5.65. The van der Waals surface area contributed by atoms with Gasteiger partial charge in [-0.25, -0.2) is 9.50 Å². The lowest BCUT2D eigenvalue weighted by Crippen LogP contribution is -2.16. The smallest absolute Gasteiger partial charge is 0.272 e. The van der Waals surface area contributed by atoms with Crippen LogP contribution in [0.3, 0.4) is 0 Å². The van der Waals surface area contributed by atoms with Crippen LogP contribution < -0.4 is 11.3 Å². The Labute approximate surface area is 103 Å². The molecule has 5 nitrogen and oxygen atoms in total. The highest BCUT2D eigenvalue weighted by molar-refractivity contribution is 5.76. The molecule has 0 atom stereocenters. The zero-order valence-electron chi connectivity index (χ0n) is 9.63. The van der Waals surface area contributed by atoms with Crippen molar-refractivity contribution in [1.29, 1.82) is 0 Å². The second kappa shape index (κ2) is 4.12. The lowest BCUT2D eigenvalue weighted by atomic mass is 10.1. The summed E-state index contributed by atoms with van der Waals surface area (Å²) in [7, 11) is 0. The van der Waals surface area contributed by atoms with Gasteiger partial charge in [0.15, 0.2) is 5.65 Å².